The third kappa shape index (κ3) is 4.92. The maximum absolute atomic E-state index is 12.6. The molecule has 8 nitrogen and oxygen atoms in total. The number of methoxy groups -OCH3 is 2. The molecule has 10 heteroatoms. The minimum Gasteiger partial charge on any atom is -0.497 e. The van der Waals surface area contributed by atoms with Crippen molar-refractivity contribution in [2.45, 2.75) is 13.0 Å². The molecule has 0 aliphatic carbocycles. The van der Waals surface area contributed by atoms with Crippen molar-refractivity contribution in [2.75, 3.05) is 19.5 Å². The van der Waals surface area contributed by atoms with Gasteiger partial charge in [-0.1, -0.05) is 34.4 Å². The van der Waals surface area contributed by atoms with E-state index in [-0.39, 0.29) is 32.8 Å². The van der Waals surface area contributed by atoms with Crippen LogP contribution in [0.15, 0.2) is 47.0 Å². The minimum absolute atomic E-state index is 0.0430. The fraction of sp³-hybridized carbons (Fsp3) is 0.190. The number of nitrogens with one attached hydrogen (secondary N) is 1. The van der Waals surface area contributed by atoms with Gasteiger partial charge >= 0.3 is 5.97 Å². The summed E-state index contributed by atoms with van der Waals surface area (Å²) < 4.78 is 20.7. The first kappa shape index (κ1) is 22.5. The van der Waals surface area contributed by atoms with Crippen LogP contribution in [0.25, 0.3) is 11.3 Å². The zero-order valence-electron chi connectivity index (χ0n) is 16.8. The summed E-state index contributed by atoms with van der Waals surface area (Å²) in [7, 11) is 2.74. The molecule has 31 heavy (non-hydrogen) atoms. The zero-order valence-corrected chi connectivity index (χ0v) is 18.3. The van der Waals surface area contributed by atoms with Crippen molar-refractivity contribution in [3.05, 3.63) is 58.1 Å². The van der Waals surface area contributed by atoms with Gasteiger partial charge in [-0.25, -0.2) is 4.79 Å². The Bertz CT molecular complexity index is 1080. The largest absolute Gasteiger partial charge is 0.497 e. The molecular weight excluding hydrogens is 447 g/mol. The van der Waals surface area contributed by atoms with Gasteiger partial charge in [0.2, 0.25) is 5.88 Å². The van der Waals surface area contributed by atoms with Gasteiger partial charge in [0.15, 0.2) is 11.7 Å². The summed E-state index contributed by atoms with van der Waals surface area (Å²) >= 11 is 12.5. The lowest BCUT2D eigenvalue weighted by Gasteiger charge is -2.14. The topological polar surface area (TPSA) is 99.9 Å². The van der Waals surface area contributed by atoms with Crippen LogP contribution in [-0.4, -0.2) is 37.4 Å². The summed E-state index contributed by atoms with van der Waals surface area (Å²) in [6.45, 7) is 1.54. The van der Waals surface area contributed by atoms with Crippen LogP contribution < -0.4 is 14.8 Å². The molecule has 3 aromatic rings. The Morgan fingerprint density at radius 3 is 2.23 bits per heavy atom. The maximum Gasteiger partial charge on any atom is 0.345 e. The van der Waals surface area contributed by atoms with E-state index in [1.807, 2.05) is 0 Å². The van der Waals surface area contributed by atoms with Gasteiger partial charge in [-0.3, -0.25) is 10.1 Å². The van der Waals surface area contributed by atoms with Crippen LogP contribution in [0.1, 0.15) is 17.3 Å². The second-order valence-corrected chi connectivity index (χ2v) is 7.06. The highest BCUT2D eigenvalue weighted by molar-refractivity contribution is 6.39. The summed E-state index contributed by atoms with van der Waals surface area (Å²) in [4.78, 5) is 25.0. The maximum atomic E-state index is 12.6. The smallest absolute Gasteiger partial charge is 0.345 e. The van der Waals surface area contributed by atoms with E-state index in [0.717, 1.165) is 0 Å². The van der Waals surface area contributed by atoms with Crippen LogP contribution >= 0.6 is 23.2 Å². The molecular formula is C21H18Cl2N2O6. The van der Waals surface area contributed by atoms with E-state index in [1.54, 1.807) is 56.5 Å². The van der Waals surface area contributed by atoms with Crippen molar-refractivity contribution in [1.29, 1.82) is 0 Å². The zero-order chi connectivity index (χ0) is 22.5. The summed E-state index contributed by atoms with van der Waals surface area (Å²) in [5.41, 5.74) is 0.196. The van der Waals surface area contributed by atoms with Gasteiger partial charge in [-0.15, -0.1) is 0 Å². The Hall–Kier alpha value is -3.23. The van der Waals surface area contributed by atoms with Crippen molar-refractivity contribution in [2.24, 2.45) is 0 Å². The van der Waals surface area contributed by atoms with Gasteiger partial charge in [-0.05, 0) is 43.3 Å². The Balaban J connectivity index is 1.86. The predicted molar refractivity (Wildman–Crippen MR) is 115 cm³/mol. The number of nitrogens with zero attached hydrogens (tertiary/aromatic N) is 1. The molecule has 1 aromatic heterocycles. The number of ether oxygens (including phenoxy) is 3. The number of anilines is 1. The molecule has 0 saturated heterocycles. The van der Waals surface area contributed by atoms with E-state index in [0.29, 0.717) is 11.5 Å². The van der Waals surface area contributed by atoms with Crippen LogP contribution in [0, 0.1) is 0 Å². The molecule has 0 bridgehead atoms. The van der Waals surface area contributed by atoms with Crippen LogP contribution in [-0.2, 0) is 9.53 Å². The first-order valence-electron chi connectivity index (χ1n) is 8.99. The third-order valence-electron chi connectivity index (χ3n) is 4.26. The Labute approximate surface area is 188 Å². The summed E-state index contributed by atoms with van der Waals surface area (Å²) in [6.07, 6.45) is -0.920. The van der Waals surface area contributed by atoms with E-state index in [2.05, 4.69) is 10.5 Å². The summed E-state index contributed by atoms with van der Waals surface area (Å²) in [6, 6.07) is 11.5. The summed E-state index contributed by atoms with van der Waals surface area (Å²) in [5.74, 6) is -0.467. The van der Waals surface area contributed by atoms with E-state index >= 15 is 0 Å². The molecule has 1 N–H and O–H groups in total. The number of benzene rings is 2. The average Bonchev–Trinajstić information content (AvgIpc) is 3.16. The van der Waals surface area contributed by atoms with Crippen molar-refractivity contribution in [3.63, 3.8) is 0 Å². The van der Waals surface area contributed by atoms with Gasteiger partial charge in [0.05, 0.1) is 24.3 Å². The van der Waals surface area contributed by atoms with Crippen LogP contribution in [0.5, 0.6) is 11.5 Å². The molecule has 0 fully saturated rings. The second kappa shape index (κ2) is 9.72. The Morgan fingerprint density at radius 2 is 1.65 bits per heavy atom. The molecule has 0 aliphatic heterocycles. The van der Waals surface area contributed by atoms with Gasteiger partial charge < -0.3 is 18.7 Å². The van der Waals surface area contributed by atoms with Crippen LogP contribution in [0.3, 0.4) is 0 Å². The fourth-order valence-electron chi connectivity index (χ4n) is 2.69. The summed E-state index contributed by atoms with van der Waals surface area (Å²) in [5, 5.41) is 6.87. The number of halogens is 2. The molecule has 2 aromatic carbocycles. The average molecular weight is 465 g/mol. The number of amides is 1. The van der Waals surface area contributed by atoms with E-state index < -0.39 is 18.0 Å². The quantitative estimate of drug-likeness (QED) is 0.498. The van der Waals surface area contributed by atoms with Crippen molar-refractivity contribution in [3.8, 4) is 22.8 Å². The second-order valence-electron chi connectivity index (χ2n) is 6.25. The standard InChI is InChI=1S/C21H18Cl2N2O6/c1-11(30-13-9-7-12(28-2)8-10-13)19(26)24-20-17(21(27)29-3)18(25-31-20)16-14(22)5-4-6-15(16)23/h4-11H,1-3H3,(H,24,26). The monoisotopic (exact) mass is 464 g/mol. The van der Waals surface area contributed by atoms with E-state index in [4.69, 9.17) is 41.9 Å². The third-order valence-corrected chi connectivity index (χ3v) is 4.89. The number of rotatable bonds is 7. The lowest BCUT2D eigenvalue weighted by Crippen LogP contribution is -2.30. The number of hydrogen-bond acceptors (Lipinski definition) is 7. The highest BCUT2D eigenvalue weighted by Crippen LogP contribution is 2.38. The molecule has 1 unspecified atom stereocenters. The first-order valence-corrected chi connectivity index (χ1v) is 9.75. The molecule has 0 spiro atoms. The van der Waals surface area contributed by atoms with Crippen molar-refractivity contribution >= 4 is 41.0 Å². The highest BCUT2D eigenvalue weighted by Gasteiger charge is 2.29. The number of carbonyl (C=O) groups is 2. The number of esters is 1. The predicted octanol–water partition coefficient (Wildman–Crippen LogP) is 4.85. The first-order chi connectivity index (χ1) is 14.8. The lowest BCUT2D eigenvalue weighted by molar-refractivity contribution is -0.122. The Kier molecular flexibility index (Phi) is 7.04. The molecule has 0 saturated carbocycles. The lowest BCUT2D eigenvalue weighted by atomic mass is 10.1. The van der Waals surface area contributed by atoms with Crippen molar-refractivity contribution in [1.82, 2.24) is 5.16 Å². The molecule has 3 rings (SSSR count). The fourth-order valence-corrected chi connectivity index (χ4v) is 3.26. The van der Waals surface area contributed by atoms with E-state index in [1.165, 1.54) is 7.11 Å². The van der Waals surface area contributed by atoms with E-state index in [9.17, 15) is 9.59 Å². The number of hydrogen-bond donors (Lipinski definition) is 1. The van der Waals surface area contributed by atoms with Crippen LogP contribution in [0.4, 0.5) is 5.88 Å². The van der Waals surface area contributed by atoms with Gasteiger partial charge in [0.1, 0.15) is 17.2 Å². The molecule has 162 valence electrons. The van der Waals surface area contributed by atoms with Crippen molar-refractivity contribution < 1.29 is 28.3 Å². The SMILES string of the molecule is COC(=O)c1c(-c2c(Cl)cccc2Cl)noc1NC(=O)C(C)Oc1ccc(OC)cc1. The molecule has 0 radical (unpaired) electrons. The van der Waals surface area contributed by atoms with Gasteiger partial charge in [0.25, 0.3) is 5.91 Å². The normalized spacial score (nSPS) is 11.5. The molecule has 1 heterocycles. The van der Waals surface area contributed by atoms with Gasteiger partial charge in [-0.2, -0.15) is 0 Å². The van der Waals surface area contributed by atoms with Crippen LogP contribution in [0.2, 0.25) is 10.0 Å². The molecule has 0 aliphatic rings. The highest BCUT2D eigenvalue weighted by atomic mass is 35.5. The number of carbonyl (C=O) groups excluding carboxylic acids is 2. The molecule has 1 amide bonds. The number of aromatic nitrogens is 1. The molecule has 1 atom stereocenters. The Morgan fingerprint density at radius 1 is 1.03 bits per heavy atom. The van der Waals surface area contributed by atoms with Gasteiger partial charge in [0, 0.05) is 5.56 Å². The minimum atomic E-state index is -0.920.